The van der Waals surface area contributed by atoms with Gasteiger partial charge in [0.15, 0.2) is 0 Å². The summed E-state index contributed by atoms with van der Waals surface area (Å²) in [6.45, 7) is 11.7. The highest BCUT2D eigenvalue weighted by Crippen LogP contribution is 2.27. The Bertz CT molecular complexity index is 745. The van der Waals surface area contributed by atoms with Gasteiger partial charge in [-0.05, 0) is 45.1 Å². The molecule has 0 N–H and O–H groups in total. The monoisotopic (exact) mass is 357 g/mol. The summed E-state index contributed by atoms with van der Waals surface area (Å²) in [6.07, 6.45) is 6.91. The molecule has 1 amide bonds. The molecular formula is C20H31N5O. The van der Waals surface area contributed by atoms with Gasteiger partial charge in [0.25, 0.3) is 5.91 Å². The van der Waals surface area contributed by atoms with Crippen molar-refractivity contribution in [2.45, 2.75) is 66.0 Å². The topological polar surface area (TPSA) is 56.0 Å². The number of rotatable bonds is 6. The highest BCUT2D eigenvalue weighted by Gasteiger charge is 2.29. The summed E-state index contributed by atoms with van der Waals surface area (Å²) < 4.78 is 4.05. The van der Waals surface area contributed by atoms with E-state index in [1.165, 1.54) is 0 Å². The van der Waals surface area contributed by atoms with Crippen molar-refractivity contribution in [1.29, 1.82) is 0 Å². The molecule has 3 rings (SSSR count). The first-order chi connectivity index (χ1) is 12.5. The Morgan fingerprint density at radius 3 is 2.81 bits per heavy atom. The molecule has 2 aromatic rings. The molecule has 0 bridgehead atoms. The molecule has 2 aromatic heterocycles. The second kappa shape index (κ2) is 8.06. The van der Waals surface area contributed by atoms with Crippen LogP contribution in [-0.2, 0) is 19.5 Å². The first-order valence-electron chi connectivity index (χ1n) is 9.90. The number of likely N-dealkylation sites (tertiary alicyclic amines) is 1. The Balaban J connectivity index is 1.78. The molecule has 1 aliphatic rings. The number of nitrogens with zero attached hydrogens (tertiary/aromatic N) is 5. The Morgan fingerprint density at radius 1 is 1.31 bits per heavy atom. The third kappa shape index (κ3) is 3.84. The van der Waals surface area contributed by atoms with E-state index in [0.717, 1.165) is 62.7 Å². The molecule has 0 radical (unpaired) electrons. The van der Waals surface area contributed by atoms with Crippen molar-refractivity contribution in [3.05, 3.63) is 35.7 Å². The Labute approximate surface area is 156 Å². The number of carbonyl (C=O) groups excluding carboxylic acids is 1. The van der Waals surface area contributed by atoms with Gasteiger partial charge in [0.2, 0.25) is 0 Å². The van der Waals surface area contributed by atoms with Crippen molar-refractivity contribution in [2.75, 3.05) is 13.1 Å². The SMILES string of the molecule is CCn1ccnc1[C@H]1CCCN(C(=O)c2cc(CC(C)C)nn2CC)C1. The van der Waals surface area contributed by atoms with Crippen molar-refractivity contribution in [2.24, 2.45) is 5.92 Å². The van der Waals surface area contributed by atoms with Crippen LogP contribution in [0.25, 0.3) is 0 Å². The van der Waals surface area contributed by atoms with Gasteiger partial charge in [0, 0.05) is 44.5 Å². The zero-order chi connectivity index (χ0) is 18.7. The van der Waals surface area contributed by atoms with E-state index < -0.39 is 0 Å². The van der Waals surface area contributed by atoms with Crippen molar-refractivity contribution in [3.63, 3.8) is 0 Å². The summed E-state index contributed by atoms with van der Waals surface area (Å²) in [6, 6.07) is 1.99. The lowest BCUT2D eigenvalue weighted by atomic mass is 9.96. The molecule has 0 saturated carbocycles. The van der Waals surface area contributed by atoms with E-state index in [4.69, 9.17) is 0 Å². The van der Waals surface area contributed by atoms with Crippen LogP contribution in [0.3, 0.4) is 0 Å². The first-order valence-corrected chi connectivity index (χ1v) is 9.90. The highest BCUT2D eigenvalue weighted by molar-refractivity contribution is 5.92. The summed E-state index contributed by atoms with van der Waals surface area (Å²) >= 11 is 0. The quantitative estimate of drug-likeness (QED) is 0.797. The third-order valence-corrected chi connectivity index (χ3v) is 5.13. The molecule has 1 atom stereocenters. The molecule has 6 heteroatoms. The van der Waals surface area contributed by atoms with Crippen molar-refractivity contribution >= 4 is 5.91 Å². The van der Waals surface area contributed by atoms with Gasteiger partial charge in [-0.25, -0.2) is 4.98 Å². The summed E-state index contributed by atoms with van der Waals surface area (Å²) in [5.74, 6) is 2.06. The van der Waals surface area contributed by atoms with Crippen LogP contribution >= 0.6 is 0 Å². The maximum Gasteiger partial charge on any atom is 0.272 e. The number of imidazole rings is 1. The minimum Gasteiger partial charge on any atom is -0.337 e. The smallest absolute Gasteiger partial charge is 0.272 e. The average Bonchev–Trinajstić information content (AvgIpc) is 3.27. The van der Waals surface area contributed by atoms with E-state index in [2.05, 4.69) is 35.4 Å². The molecule has 0 spiro atoms. The van der Waals surface area contributed by atoms with Crippen molar-refractivity contribution in [1.82, 2.24) is 24.2 Å². The van der Waals surface area contributed by atoms with Gasteiger partial charge in [-0.2, -0.15) is 5.10 Å². The predicted molar refractivity (Wildman–Crippen MR) is 102 cm³/mol. The molecule has 3 heterocycles. The maximum atomic E-state index is 13.2. The Morgan fingerprint density at radius 2 is 2.12 bits per heavy atom. The van der Waals surface area contributed by atoms with Gasteiger partial charge >= 0.3 is 0 Å². The van der Waals surface area contributed by atoms with Gasteiger partial charge in [0.1, 0.15) is 11.5 Å². The van der Waals surface area contributed by atoms with E-state index in [1.807, 2.05) is 35.0 Å². The molecule has 0 unspecified atom stereocenters. The van der Waals surface area contributed by atoms with Crippen molar-refractivity contribution < 1.29 is 4.79 Å². The number of aromatic nitrogens is 4. The zero-order valence-corrected chi connectivity index (χ0v) is 16.5. The molecule has 1 saturated heterocycles. The summed E-state index contributed by atoms with van der Waals surface area (Å²) in [5.41, 5.74) is 1.74. The highest BCUT2D eigenvalue weighted by atomic mass is 16.2. The summed E-state index contributed by atoms with van der Waals surface area (Å²) in [7, 11) is 0. The van der Waals surface area contributed by atoms with Crippen LogP contribution < -0.4 is 0 Å². The van der Waals surface area contributed by atoms with Crippen LogP contribution in [-0.4, -0.2) is 43.2 Å². The van der Waals surface area contributed by atoms with Crippen LogP contribution in [0, 0.1) is 5.92 Å². The second-order valence-electron chi connectivity index (χ2n) is 7.60. The van der Waals surface area contributed by atoms with Crippen LogP contribution in [0.5, 0.6) is 0 Å². The lowest BCUT2D eigenvalue weighted by Gasteiger charge is -2.32. The normalized spacial score (nSPS) is 17.9. The standard InChI is InChI=1S/C20H31N5O/c1-5-23-11-9-21-19(23)16-8-7-10-24(14-16)20(26)18-13-17(12-15(3)4)22-25(18)6-2/h9,11,13,15-16H,5-8,10,12,14H2,1-4H3/t16-/m0/s1. The number of amides is 1. The molecule has 1 fully saturated rings. The number of piperidine rings is 1. The van der Waals surface area contributed by atoms with Crippen LogP contribution in [0.1, 0.15) is 68.5 Å². The second-order valence-corrected chi connectivity index (χ2v) is 7.60. The Kier molecular flexibility index (Phi) is 5.79. The summed E-state index contributed by atoms with van der Waals surface area (Å²) in [4.78, 5) is 19.7. The van der Waals surface area contributed by atoms with E-state index in [9.17, 15) is 4.79 Å². The van der Waals surface area contributed by atoms with Gasteiger partial charge in [0.05, 0.1) is 5.69 Å². The molecule has 0 aliphatic carbocycles. The minimum absolute atomic E-state index is 0.105. The van der Waals surface area contributed by atoms with Gasteiger partial charge < -0.3 is 9.47 Å². The van der Waals surface area contributed by atoms with Crippen LogP contribution in [0.2, 0.25) is 0 Å². The van der Waals surface area contributed by atoms with E-state index >= 15 is 0 Å². The molecule has 26 heavy (non-hydrogen) atoms. The zero-order valence-electron chi connectivity index (χ0n) is 16.5. The van der Waals surface area contributed by atoms with Crippen molar-refractivity contribution in [3.8, 4) is 0 Å². The fraction of sp³-hybridized carbons (Fsp3) is 0.650. The fourth-order valence-electron chi connectivity index (χ4n) is 3.88. The predicted octanol–water partition coefficient (Wildman–Crippen LogP) is 3.34. The van der Waals surface area contributed by atoms with Crippen LogP contribution in [0.4, 0.5) is 0 Å². The van der Waals surface area contributed by atoms with E-state index in [-0.39, 0.29) is 5.91 Å². The van der Waals surface area contributed by atoms with E-state index in [0.29, 0.717) is 11.8 Å². The number of carbonyl (C=O) groups is 1. The fourth-order valence-corrected chi connectivity index (χ4v) is 3.88. The van der Waals surface area contributed by atoms with Gasteiger partial charge in [-0.15, -0.1) is 0 Å². The lowest BCUT2D eigenvalue weighted by molar-refractivity contribution is 0.0691. The van der Waals surface area contributed by atoms with Gasteiger partial charge in [-0.1, -0.05) is 13.8 Å². The van der Waals surface area contributed by atoms with E-state index in [1.54, 1.807) is 0 Å². The molecular weight excluding hydrogens is 326 g/mol. The maximum absolute atomic E-state index is 13.2. The lowest BCUT2D eigenvalue weighted by Crippen LogP contribution is -2.40. The molecule has 6 nitrogen and oxygen atoms in total. The largest absolute Gasteiger partial charge is 0.337 e. The van der Waals surface area contributed by atoms with Gasteiger partial charge in [-0.3, -0.25) is 9.48 Å². The first kappa shape index (κ1) is 18.7. The third-order valence-electron chi connectivity index (χ3n) is 5.13. The summed E-state index contributed by atoms with van der Waals surface area (Å²) in [5, 5.41) is 4.63. The number of aryl methyl sites for hydroxylation is 2. The molecule has 0 aromatic carbocycles. The molecule has 142 valence electrons. The number of hydrogen-bond acceptors (Lipinski definition) is 3. The number of hydrogen-bond donors (Lipinski definition) is 0. The molecule has 1 aliphatic heterocycles. The Hall–Kier alpha value is -2.11. The minimum atomic E-state index is 0.105. The van der Waals surface area contributed by atoms with Crippen LogP contribution in [0.15, 0.2) is 18.5 Å². The average molecular weight is 358 g/mol.